The van der Waals surface area contributed by atoms with Gasteiger partial charge in [-0.05, 0) is 68.3 Å². The lowest BCUT2D eigenvalue weighted by molar-refractivity contribution is -0.479. The van der Waals surface area contributed by atoms with Crippen molar-refractivity contribution in [3.05, 3.63) is 72.4 Å². The molecule has 27 heavy (non-hydrogen) atoms. The number of aromatic nitrogens is 2. The molecule has 5 aromatic rings. The maximum absolute atomic E-state index is 2.50. The van der Waals surface area contributed by atoms with E-state index in [1.807, 2.05) is 0 Å². The van der Waals surface area contributed by atoms with Gasteiger partial charge in [-0.3, -0.25) is 0 Å². The Labute approximate surface area is 158 Å². The van der Waals surface area contributed by atoms with Gasteiger partial charge >= 0.3 is 0 Å². The van der Waals surface area contributed by atoms with Gasteiger partial charge in [-0.25, -0.2) is 0 Å². The van der Waals surface area contributed by atoms with Gasteiger partial charge in [0.15, 0.2) is 5.52 Å². The van der Waals surface area contributed by atoms with Crippen LogP contribution in [0.4, 0.5) is 5.69 Å². The molecule has 0 spiro atoms. The van der Waals surface area contributed by atoms with Gasteiger partial charge in [0.05, 0.1) is 0 Å². The molecule has 0 atom stereocenters. The van der Waals surface area contributed by atoms with Crippen LogP contribution in [0.3, 0.4) is 0 Å². The molecule has 1 saturated heterocycles. The van der Waals surface area contributed by atoms with Crippen LogP contribution >= 0.6 is 0 Å². The third-order valence-electron chi connectivity index (χ3n) is 6.01. The molecule has 0 bridgehead atoms. The molecule has 3 heteroatoms. The molecule has 0 aliphatic carbocycles. The highest BCUT2D eigenvalue weighted by Crippen LogP contribution is 2.27. The average molecular weight is 352 g/mol. The minimum absolute atomic E-state index is 1.18. The summed E-state index contributed by atoms with van der Waals surface area (Å²) in [6, 6.07) is 22.6. The van der Waals surface area contributed by atoms with E-state index in [9.17, 15) is 0 Å². The fraction of sp³-hybridized carbons (Fsp3) is 0.208. The van der Waals surface area contributed by atoms with Crippen LogP contribution in [-0.2, 0) is 0 Å². The quantitative estimate of drug-likeness (QED) is 0.391. The van der Waals surface area contributed by atoms with Crippen molar-refractivity contribution >= 4 is 38.7 Å². The van der Waals surface area contributed by atoms with E-state index in [1.165, 1.54) is 70.2 Å². The second kappa shape index (κ2) is 5.46. The zero-order valence-electron chi connectivity index (χ0n) is 15.5. The Morgan fingerprint density at radius 2 is 1.67 bits per heavy atom. The van der Waals surface area contributed by atoms with Crippen LogP contribution < -0.4 is 9.30 Å². The van der Waals surface area contributed by atoms with Crippen molar-refractivity contribution in [2.45, 2.75) is 19.8 Å². The first-order chi connectivity index (χ1) is 13.3. The maximum atomic E-state index is 2.50. The van der Waals surface area contributed by atoms with E-state index >= 15 is 0 Å². The van der Waals surface area contributed by atoms with Gasteiger partial charge in [-0.2, -0.15) is 8.80 Å². The molecular weight excluding hydrogens is 330 g/mol. The van der Waals surface area contributed by atoms with Crippen LogP contribution in [0.25, 0.3) is 33.0 Å². The number of rotatable bonds is 1. The molecule has 0 saturated carbocycles. The Kier molecular flexibility index (Phi) is 3.04. The number of hydrogen-bond acceptors (Lipinski definition) is 1. The number of imidazole rings is 1. The number of aryl methyl sites for hydroxylation is 1. The van der Waals surface area contributed by atoms with Gasteiger partial charge < -0.3 is 4.90 Å². The molecule has 4 heterocycles. The molecule has 2 aromatic carbocycles. The first-order valence-corrected chi connectivity index (χ1v) is 9.82. The Morgan fingerprint density at radius 1 is 0.815 bits per heavy atom. The SMILES string of the molecule is Cc1ccc2c(ccc3n4c(ccc5cc(N6CCCC6)ccc54)c[n+]23)c1. The molecule has 0 N–H and O–H groups in total. The van der Waals surface area contributed by atoms with Crippen LogP contribution in [0.15, 0.2) is 66.9 Å². The average Bonchev–Trinajstić information content (AvgIpc) is 3.35. The molecule has 3 aromatic heterocycles. The van der Waals surface area contributed by atoms with E-state index < -0.39 is 0 Å². The minimum Gasteiger partial charge on any atom is -0.372 e. The van der Waals surface area contributed by atoms with Crippen molar-refractivity contribution < 1.29 is 4.40 Å². The summed E-state index contributed by atoms with van der Waals surface area (Å²) in [7, 11) is 0. The van der Waals surface area contributed by atoms with Gasteiger partial charge in [0.1, 0.15) is 17.2 Å². The third-order valence-corrected chi connectivity index (χ3v) is 6.01. The van der Waals surface area contributed by atoms with E-state index in [-0.39, 0.29) is 0 Å². The van der Waals surface area contributed by atoms with Crippen LogP contribution in [0.1, 0.15) is 18.4 Å². The summed E-state index contributed by atoms with van der Waals surface area (Å²) in [5.41, 5.74) is 7.61. The second-order valence-corrected chi connectivity index (χ2v) is 7.78. The minimum atomic E-state index is 1.18. The molecule has 1 fully saturated rings. The lowest BCUT2D eigenvalue weighted by Crippen LogP contribution is -2.19. The monoisotopic (exact) mass is 352 g/mol. The van der Waals surface area contributed by atoms with Gasteiger partial charge in [0.2, 0.25) is 0 Å². The molecule has 132 valence electrons. The summed E-state index contributed by atoms with van der Waals surface area (Å²) in [6.07, 6.45) is 4.87. The fourth-order valence-corrected chi connectivity index (χ4v) is 4.64. The summed E-state index contributed by atoms with van der Waals surface area (Å²) in [6.45, 7) is 4.51. The highest BCUT2D eigenvalue weighted by molar-refractivity contribution is 5.88. The number of fused-ring (bicyclic) bond motifs is 7. The van der Waals surface area contributed by atoms with Gasteiger partial charge in [0.25, 0.3) is 5.65 Å². The van der Waals surface area contributed by atoms with Gasteiger partial charge in [-0.15, -0.1) is 0 Å². The van der Waals surface area contributed by atoms with Crippen molar-refractivity contribution in [3.63, 3.8) is 0 Å². The zero-order chi connectivity index (χ0) is 18.0. The molecule has 6 rings (SSSR count). The molecule has 1 aliphatic heterocycles. The Bertz CT molecular complexity index is 1340. The smallest absolute Gasteiger partial charge is 0.292 e. The van der Waals surface area contributed by atoms with Gasteiger partial charge in [0, 0.05) is 35.6 Å². The summed E-state index contributed by atoms with van der Waals surface area (Å²) in [5, 5.41) is 2.58. The number of pyridine rings is 2. The number of benzene rings is 2. The van der Waals surface area contributed by atoms with Crippen molar-refractivity contribution in [3.8, 4) is 0 Å². The first kappa shape index (κ1) is 15.0. The molecular formula is C24H22N3+. The number of hydrogen-bond donors (Lipinski definition) is 0. The second-order valence-electron chi connectivity index (χ2n) is 7.78. The normalized spacial score (nSPS) is 14.9. The molecule has 1 aliphatic rings. The zero-order valence-corrected chi connectivity index (χ0v) is 15.5. The van der Waals surface area contributed by atoms with Crippen molar-refractivity contribution in [2.75, 3.05) is 18.0 Å². The predicted octanol–water partition coefficient (Wildman–Crippen LogP) is 4.89. The fourth-order valence-electron chi connectivity index (χ4n) is 4.64. The molecule has 0 unspecified atom stereocenters. The number of nitrogens with zero attached hydrogens (tertiary/aromatic N) is 3. The summed E-state index contributed by atoms with van der Waals surface area (Å²) in [4.78, 5) is 2.50. The lowest BCUT2D eigenvalue weighted by atomic mass is 10.1. The largest absolute Gasteiger partial charge is 0.372 e. The van der Waals surface area contributed by atoms with Crippen LogP contribution in [0.5, 0.6) is 0 Å². The summed E-state index contributed by atoms with van der Waals surface area (Å²) < 4.78 is 4.69. The predicted molar refractivity (Wildman–Crippen MR) is 112 cm³/mol. The van der Waals surface area contributed by atoms with E-state index in [2.05, 4.69) is 87.5 Å². The maximum Gasteiger partial charge on any atom is 0.292 e. The van der Waals surface area contributed by atoms with Crippen LogP contribution in [-0.4, -0.2) is 17.5 Å². The Hall–Kier alpha value is -3.07. The first-order valence-electron chi connectivity index (χ1n) is 9.82. The highest BCUT2D eigenvalue weighted by Gasteiger charge is 2.18. The van der Waals surface area contributed by atoms with Crippen molar-refractivity contribution in [1.82, 2.24) is 4.40 Å². The summed E-state index contributed by atoms with van der Waals surface area (Å²) in [5.74, 6) is 0. The van der Waals surface area contributed by atoms with Gasteiger partial charge in [-0.1, -0.05) is 11.6 Å². The molecule has 0 radical (unpaired) electrons. The third kappa shape index (κ3) is 2.18. The van der Waals surface area contributed by atoms with Crippen molar-refractivity contribution in [1.29, 1.82) is 0 Å². The lowest BCUT2D eigenvalue weighted by Gasteiger charge is -2.17. The summed E-state index contributed by atoms with van der Waals surface area (Å²) >= 11 is 0. The van der Waals surface area contributed by atoms with E-state index in [0.717, 1.165) is 0 Å². The standard InChI is InChI=1S/C24H22N3/c1-17-4-9-22-18(14-17)6-11-24-26(22)16-21-7-5-19-15-20(25-12-2-3-13-25)8-10-23(19)27(21)24/h4-11,14-16H,2-3,12-13H2,1H3/q+1. The van der Waals surface area contributed by atoms with Crippen LogP contribution in [0.2, 0.25) is 0 Å². The van der Waals surface area contributed by atoms with E-state index in [0.29, 0.717) is 0 Å². The Balaban J connectivity index is 1.66. The molecule has 0 amide bonds. The van der Waals surface area contributed by atoms with E-state index in [4.69, 9.17) is 0 Å². The molecule has 3 nitrogen and oxygen atoms in total. The van der Waals surface area contributed by atoms with Crippen LogP contribution in [0, 0.1) is 6.92 Å². The number of anilines is 1. The van der Waals surface area contributed by atoms with E-state index in [1.54, 1.807) is 0 Å². The van der Waals surface area contributed by atoms with Crippen molar-refractivity contribution in [2.24, 2.45) is 0 Å². The topological polar surface area (TPSA) is 11.8 Å². The Morgan fingerprint density at radius 3 is 2.56 bits per heavy atom. The highest BCUT2D eigenvalue weighted by atomic mass is 15.1.